The van der Waals surface area contributed by atoms with Crippen LogP contribution in [0.15, 0.2) is 52.5 Å². The number of aryl methyl sites for hydroxylation is 1. The smallest absolute Gasteiger partial charge is 0.243 e. The van der Waals surface area contributed by atoms with Crippen molar-refractivity contribution in [1.82, 2.24) is 9.73 Å². The lowest BCUT2D eigenvalue weighted by atomic mass is 10.1. The minimum atomic E-state index is -3.52. The van der Waals surface area contributed by atoms with Crippen LogP contribution in [0, 0.1) is 0 Å². The van der Waals surface area contributed by atoms with Crippen LogP contribution in [-0.2, 0) is 26.0 Å². The Balaban J connectivity index is 1.51. The van der Waals surface area contributed by atoms with Crippen molar-refractivity contribution in [1.29, 1.82) is 0 Å². The quantitative estimate of drug-likeness (QED) is 0.451. The molecular formula is C22H27N3O6S. The van der Waals surface area contributed by atoms with E-state index >= 15 is 0 Å². The molecule has 0 unspecified atom stereocenters. The van der Waals surface area contributed by atoms with Crippen molar-refractivity contribution in [3.05, 3.63) is 53.6 Å². The first-order valence-electron chi connectivity index (χ1n) is 10.1. The number of ether oxygens (including phenoxy) is 3. The van der Waals surface area contributed by atoms with E-state index in [1.54, 1.807) is 56.7 Å². The van der Waals surface area contributed by atoms with Crippen LogP contribution in [0.1, 0.15) is 17.5 Å². The highest BCUT2D eigenvalue weighted by Crippen LogP contribution is 2.21. The zero-order valence-electron chi connectivity index (χ0n) is 18.1. The third-order valence-corrected chi connectivity index (χ3v) is 6.86. The monoisotopic (exact) mass is 461 g/mol. The van der Waals surface area contributed by atoms with E-state index in [1.807, 2.05) is 0 Å². The highest BCUT2D eigenvalue weighted by atomic mass is 32.2. The van der Waals surface area contributed by atoms with Crippen LogP contribution in [0.25, 0.3) is 0 Å². The number of hydrogen-bond acceptors (Lipinski definition) is 7. The Morgan fingerprint density at radius 3 is 2.31 bits per heavy atom. The van der Waals surface area contributed by atoms with Gasteiger partial charge in [-0.3, -0.25) is 4.79 Å². The van der Waals surface area contributed by atoms with Crippen LogP contribution >= 0.6 is 0 Å². The van der Waals surface area contributed by atoms with Gasteiger partial charge in [0, 0.05) is 31.1 Å². The van der Waals surface area contributed by atoms with Gasteiger partial charge < -0.3 is 14.2 Å². The van der Waals surface area contributed by atoms with Crippen LogP contribution in [0.5, 0.6) is 11.5 Å². The Labute approximate surface area is 188 Å². The van der Waals surface area contributed by atoms with E-state index in [4.69, 9.17) is 14.2 Å². The molecule has 0 bridgehead atoms. The molecular weight excluding hydrogens is 434 g/mol. The van der Waals surface area contributed by atoms with Crippen LogP contribution in [0.3, 0.4) is 0 Å². The predicted octanol–water partition coefficient (Wildman–Crippen LogP) is 1.81. The van der Waals surface area contributed by atoms with Crippen molar-refractivity contribution in [2.75, 3.05) is 40.5 Å². The Morgan fingerprint density at radius 1 is 1.09 bits per heavy atom. The summed E-state index contributed by atoms with van der Waals surface area (Å²) in [4.78, 5) is 12.3. The van der Waals surface area contributed by atoms with Crippen molar-refractivity contribution < 1.29 is 27.4 Å². The van der Waals surface area contributed by atoms with E-state index in [-0.39, 0.29) is 17.2 Å². The average Bonchev–Trinajstić information content (AvgIpc) is 2.83. The van der Waals surface area contributed by atoms with Crippen molar-refractivity contribution in [3.63, 3.8) is 0 Å². The minimum Gasteiger partial charge on any atom is -0.497 e. The molecule has 1 aliphatic rings. The van der Waals surface area contributed by atoms with E-state index in [2.05, 4.69) is 10.5 Å². The predicted molar refractivity (Wildman–Crippen MR) is 120 cm³/mol. The minimum absolute atomic E-state index is 0.217. The normalized spacial score (nSPS) is 14.9. The fourth-order valence-electron chi connectivity index (χ4n) is 3.16. The van der Waals surface area contributed by atoms with Gasteiger partial charge in [-0.2, -0.15) is 9.41 Å². The first kappa shape index (κ1) is 23.7. The summed E-state index contributed by atoms with van der Waals surface area (Å²) in [6.45, 7) is 1.52. The Kier molecular flexibility index (Phi) is 8.20. The lowest BCUT2D eigenvalue weighted by Gasteiger charge is -2.26. The molecule has 0 radical (unpaired) electrons. The van der Waals surface area contributed by atoms with Gasteiger partial charge in [0.05, 0.1) is 38.5 Å². The molecule has 3 rings (SSSR count). The number of morpholine rings is 1. The first-order chi connectivity index (χ1) is 15.4. The van der Waals surface area contributed by atoms with Crippen molar-refractivity contribution in [2.45, 2.75) is 17.7 Å². The maximum absolute atomic E-state index is 12.7. The first-order valence-corrected chi connectivity index (χ1v) is 11.6. The number of hydrogen-bond donors (Lipinski definition) is 1. The standard InChI is InChI=1S/C22H27N3O6S/c1-29-19-13-18(14-20(15-19)30-2)16-23-24-22(26)8-5-17-3-6-21(7-4-17)32(27,28)25-9-11-31-12-10-25/h3-4,6-7,13-16H,5,8-12H2,1-2H3,(H,24,26). The number of methoxy groups -OCH3 is 2. The highest BCUT2D eigenvalue weighted by molar-refractivity contribution is 7.89. The van der Waals surface area contributed by atoms with Gasteiger partial charge in [0.2, 0.25) is 15.9 Å². The molecule has 1 amide bonds. The fraction of sp³-hybridized carbons (Fsp3) is 0.364. The maximum atomic E-state index is 12.7. The Bertz CT molecular complexity index is 1030. The number of sulfonamides is 1. The molecule has 0 aliphatic carbocycles. The summed E-state index contributed by atoms with van der Waals surface area (Å²) in [5.74, 6) is 0.994. The molecule has 32 heavy (non-hydrogen) atoms. The SMILES string of the molecule is COc1cc(C=NNC(=O)CCc2ccc(S(=O)(=O)N3CCOCC3)cc2)cc(OC)c1. The maximum Gasteiger partial charge on any atom is 0.243 e. The van der Waals surface area contributed by atoms with Gasteiger partial charge in [0.15, 0.2) is 0 Å². The number of benzene rings is 2. The molecule has 1 N–H and O–H groups in total. The Morgan fingerprint density at radius 2 is 1.72 bits per heavy atom. The van der Waals surface area contributed by atoms with E-state index < -0.39 is 10.0 Å². The second kappa shape index (κ2) is 11.1. The van der Waals surface area contributed by atoms with Gasteiger partial charge in [-0.1, -0.05) is 12.1 Å². The number of nitrogens with zero attached hydrogens (tertiary/aromatic N) is 2. The van der Waals surface area contributed by atoms with Crippen LogP contribution < -0.4 is 14.9 Å². The topological polar surface area (TPSA) is 107 Å². The number of carbonyl (C=O) groups excluding carboxylic acids is 1. The van der Waals surface area contributed by atoms with Crippen LogP contribution in [-0.4, -0.2) is 65.4 Å². The third kappa shape index (κ3) is 6.28. The summed E-state index contributed by atoms with van der Waals surface area (Å²) in [5.41, 5.74) is 4.07. The number of hydrazone groups is 1. The summed E-state index contributed by atoms with van der Waals surface area (Å²) in [7, 11) is -0.406. The summed E-state index contributed by atoms with van der Waals surface area (Å²) >= 11 is 0. The van der Waals surface area contributed by atoms with Crippen molar-refractivity contribution >= 4 is 22.1 Å². The van der Waals surface area contributed by atoms with Gasteiger partial charge >= 0.3 is 0 Å². The average molecular weight is 462 g/mol. The molecule has 0 saturated carbocycles. The summed E-state index contributed by atoms with van der Waals surface area (Å²) in [5, 5.41) is 3.97. The lowest BCUT2D eigenvalue weighted by Crippen LogP contribution is -2.40. The molecule has 1 heterocycles. The summed E-state index contributed by atoms with van der Waals surface area (Å²) in [6, 6.07) is 11.9. The molecule has 0 spiro atoms. The van der Waals surface area contributed by atoms with E-state index in [0.717, 1.165) is 11.1 Å². The Hall–Kier alpha value is -2.95. The molecule has 0 atom stereocenters. The third-order valence-electron chi connectivity index (χ3n) is 4.95. The van der Waals surface area contributed by atoms with Crippen molar-refractivity contribution in [2.24, 2.45) is 5.10 Å². The summed E-state index contributed by atoms with van der Waals surface area (Å²) in [6.07, 6.45) is 2.19. The van der Waals surface area contributed by atoms with Gasteiger partial charge in [-0.15, -0.1) is 0 Å². The number of rotatable bonds is 9. The second-order valence-corrected chi connectivity index (χ2v) is 9.04. The number of nitrogens with one attached hydrogen (secondary N) is 1. The lowest BCUT2D eigenvalue weighted by molar-refractivity contribution is -0.121. The van der Waals surface area contributed by atoms with Gasteiger partial charge in [0.1, 0.15) is 11.5 Å². The molecule has 9 nitrogen and oxygen atoms in total. The highest BCUT2D eigenvalue weighted by Gasteiger charge is 2.26. The molecule has 1 saturated heterocycles. The van der Waals surface area contributed by atoms with Gasteiger partial charge in [-0.05, 0) is 36.2 Å². The van der Waals surface area contributed by atoms with Crippen LogP contribution in [0.4, 0.5) is 0 Å². The molecule has 2 aromatic carbocycles. The van der Waals surface area contributed by atoms with Gasteiger partial charge in [0.25, 0.3) is 0 Å². The van der Waals surface area contributed by atoms with E-state index in [1.165, 1.54) is 10.5 Å². The molecule has 172 valence electrons. The molecule has 0 aromatic heterocycles. The van der Waals surface area contributed by atoms with E-state index in [0.29, 0.717) is 44.2 Å². The summed E-state index contributed by atoms with van der Waals surface area (Å²) < 4.78 is 42.4. The van der Waals surface area contributed by atoms with Crippen molar-refractivity contribution in [3.8, 4) is 11.5 Å². The number of carbonyl (C=O) groups is 1. The fourth-order valence-corrected chi connectivity index (χ4v) is 4.57. The zero-order chi connectivity index (χ0) is 23.0. The zero-order valence-corrected chi connectivity index (χ0v) is 18.9. The largest absolute Gasteiger partial charge is 0.497 e. The molecule has 10 heteroatoms. The number of amides is 1. The molecule has 2 aromatic rings. The molecule has 1 aliphatic heterocycles. The van der Waals surface area contributed by atoms with E-state index in [9.17, 15) is 13.2 Å². The molecule has 1 fully saturated rings. The van der Waals surface area contributed by atoms with Crippen LogP contribution in [0.2, 0.25) is 0 Å². The second-order valence-electron chi connectivity index (χ2n) is 7.10. The van der Waals surface area contributed by atoms with Gasteiger partial charge in [-0.25, -0.2) is 13.8 Å².